The average Bonchev–Trinajstić information content (AvgIpc) is 2.72. The number of carboxylic acid groups (broad SMARTS) is 1. The largest absolute Gasteiger partial charge is 0.497 e. The van der Waals surface area contributed by atoms with Crippen molar-refractivity contribution in [3.63, 3.8) is 0 Å². The van der Waals surface area contributed by atoms with Crippen molar-refractivity contribution in [2.75, 3.05) is 7.11 Å². The molecule has 0 aliphatic heterocycles. The predicted octanol–water partition coefficient (Wildman–Crippen LogP) is 2.05. The highest BCUT2D eigenvalue weighted by Crippen LogP contribution is 2.27. The van der Waals surface area contributed by atoms with Crippen molar-refractivity contribution >= 4 is 16.9 Å². The third kappa shape index (κ3) is 2.71. The van der Waals surface area contributed by atoms with Gasteiger partial charge in [0, 0.05) is 36.1 Å². The first kappa shape index (κ1) is 13.4. The minimum absolute atomic E-state index is 0.0754. The second-order valence-corrected chi connectivity index (χ2v) is 4.59. The monoisotopic (exact) mass is 262 g/mol. The van der Waals surface area contributed by atoms with E-state index in [1.54, 1.807) is 7.11 Å². The first-order valence-corrected chi connectivity index (χ1v) is 6.13. The van der Waals surface area contributed by atoms with E-state index in [4.69, 9.17) is 15.6 Å². The van der Waals surface area contributed by atoms with Crippen molar-refractivity contribution in [1.29, 1.82) is 0 Å². The molecule has 1 aromatic heterocycles. The fraction of sp³-hybridized carbons (Fsp3) is 0.357. The Morgan fingerprint density at radius 2 is 2.21 bits per heavy atom. The molecule has 2 aromatic rings. The number of hydrogen-bond donors (Lipinski definition) is 2. The van der Waals surface area contributed by atoms with E-state index in [1.807, 2.05) is 35.9 Å². The van der Waals surface area contributed by atoms with Gasteiger partial charge in [0.15, 0.2) is 0 Å². The van der Waals surface area contributed by atoms with E-state index >= 15 is 0 Å². The summed E-state index contributed by atoms with van der Waals surface area (Å²) in [7, 11) is 3.56. The second-order valence-electron chi connectivity index (χ2n) is 4.59. The van der Waals surface area contributed by atoms with Crippen LogP contribution in [0.25, 0.3) is 10.9 Å². The van der Waals surface area contributed by atoms with Gasteiger partial charge in [-0.05, 0) is 30.7 Å². The van der Waals surface area contributed by atoms with E-state index in [0.717, 1.165) is 22.3 Å². The van der Waals surface area contributed by atoms with E-state index in [0.29, 0.717) is 6.42 Å². The Kier molecular flexibility index (Phi) is 3.76. The van der Waals surface area contributed by atoms with Crippen LogP contribution in [-0.2, 0) is 11.8 Å². The van der Waals surface area contributed by atoms with Gasteiger partial charge in [-0.2, -0.15) is 0 Å². The van der Waals surface area contributed by atoms with Gasteiger partial charge in [0.25, 0.3) is 0 Å². The smallest absolute Gasteiger partial charge is 0.303 e. The van der Waals surface area contributed by atoms with Crippen LogP contribution >= 0.6 is 0 Å². The highest BCUT2D eigenvalue weighted by atomic mass is 16.5. The first-order chi connectivity index (χ1) is 9.02. The Morgan fingerprint density at radius 1 is 1.47 bits per heavy atom. The number of nitrogens with two attached hydrogens (primary N) is 1. The normalized spacial score (nSPS) is 12.6. The number of aliphatic carboxylic acids is 1. The Labute approximate surface area is 111 Å². The zero-order chi connectivity index (χ0) is 14.0. The molecule has 0 radical (unpaired) electrons. The standard InChI is InChI=1S/C14H18N2O3/c1-16-12-5-3-10(19-2)7-9(12)8-13(16)11(15)4-6-14(17)18/h3,5,7-8,11H,4,6,15H2,1-2H3,(H,17,18). The number of fused-ring (bicyclic) bond motifs is 1. The van der Waals surface area contributed by atoms with E-state index in [9.17, 15) is 4.79 Å². The maximum Gasteiger partial charge on any atom is 0.303 e. The van der Waals surface area contributed by atoms with Crippen molar-refractivity contribution in [2.45, 2.75) is 18.9 Å². The summed E-state index contributed by atoms with van der Waals surface area (Å²) in [6, 6.07) is 7.53. The summed E-state index contributed by atoms with van der Waals surface area (Å²) >= 11 is 0. The number of methoxy groups -OCH3 is 1. The lowest BCUT2D eigenvalue weighted by Crippen LogP contribution is -2.15. The number of ether oxygens (including phenoxy) is 1. The van der Waals surface area contributed by atoms with E-state index < -0.39 is 5.97 Å². The van der Waals surface area contributed by atoms with Crippen molar-refractivity contribution in [3.8, 4) is 5.75 Å². The van der Waals surface area contributed by atoms with Crippen LogP contribution in [0.1, 0.15) is 24.6 Å². The second kappa shape index (κ2) is 5.32. The number of carbonyl (C=O) groups is 1. The molecule has 0 saturated carbocycles. The Hall–Kier alpha value is -2.01. The van der Waals surface area contributed by atoms with Crippen LogP contribution in [-0.4, -0.2) is 22.8 Å². The number of rotatable bonds is 5. The van der Waals surface area contributed by atoms with Gasteiger partial charge in [-0.1, -0.05) is 0 Å². The van der Waals surface area contributed by atoms with Crippen molar-refractivity contribution < 1.29 is 14.6 Å². The van der Waals surface area contributed by atoms with Gasteiger partial charge in [-0.25, -0.2) is 0 Å². The fourth-order valence-electron chi connectivity index (χ4n) is 2.26. The molecule has 0 aliphatic carbocycles. The van der Waals surface area contributed by atoms with Gasteiger partial charge in [0.1, 0.15) is 5.75 Å². The van der Waals surface area contributed by atoms with Crippen LogP contribution < -0.4 is 10.5 Å². The topological polar surface area (TPSA) is 77.5 Å². The molecule has 102 valence electrons. The molecule has 0 spiro atoms. The van der Waals surface area contributed by atoms with Crippen LogP contribution in [0.2, 0.25) is 0 Å². The third-order valence-corrected chi connectivity index (χ3v) is 3.34. The molecule has 5 heteroatoms. The Bertz CT molecular complexity index is 604. The SMILES string of the molecule is COc1ccc2c(c1)cc(C(N)CCC(=O)O)n2C. The van der Waals surface area contributed by atoms with Gasteiger partial charge < -0.3 is 20.1 Å². The molecule has 1 unspecified atom stereocenters. The summed E-state index contributed by atoms with van der Waals surface area (Å²) in [5.41, 5.74) is 8.05. The molecular formula is C14H18N2O3. The number of aromatic nitrogens is 1. The molecule has 0 fully saturated rings. The number of benzene rings is 1. The van der Waals surface area contributed by atoms with E-state index in [1.165, 1.54) is 0 Å². The predicted molar refractivity (Wildman–Crippen MR) is 73.3 cm³/mol. The summed E-state index contributed by atoms with van der Waals surface area (Å²) in [6.45, 7) is 0. The first-order valence-electron chi connectivity index (χ1n) is 6.13. The van der Waals surface area contributed by atoms with Crippen molar-refractivity contribution in [3.05, 3.63) is 30.0 Å². The Balaban J connectivity index is 2.33. The molecule has 0 aliphatic rings. The maximum absolute atomic E-state index is 10.6. The molecule has 1 aromatic carbocycles. The Morgan fingerprint density at radius 3 is 2.84 bits per heavy atom. The van der Waals surface area contributed by atoms with Crippen LogP contribution in [0.15, 0.2) is 24.3 Å². The van der Waals surface area contributed by atoms with E-state index in [2.05, 4.69) is 0 Å². The zero-order valence-electron chi connectivity index (χ0n) is 11.1. The van der Waals surface area contributed by atoms with E-state index in [-0.39, 0.29) is 12.5 Å². The number of aryl methyl sites for hydroxylation is 1. The lowest BCUT2D eigenvalue weighted by molar-refractivity contribution is -0.137. The maximum atomic E-state index is 10.6. The number of nitrogens with zero attached hydrogens (tertiary/aromatic N) is 1. The third-order valence-electron chi connectivity index (χ3n) is 3.34. The van der Waals surface area contributed by atoms with Gasteiger partial charge in [0.2, 0.25) is 0 Å². The summed E-state index contributed by atoms with van der Waals surface area (Å²) in [5, 5.41) is 9.75. The molecule has 0 saturated heterocycles. The molecular weight excluding hydrogens is 244 g/mol. The summed E-state index contributed by atoms with van der Waals surface area (Å²) < 4.78 is 7.19. The highest BCUT2D eigenvalue weighted by molar-refractivity contribution is 5.83. The lowest BCUT2D eigenvalue weighted by Gasteiger charge is -2.11. The summed E-state index contributed by atoms with van der Waals surface area (Å²) in [6.07, 6.45) is 0.503. The number of carboxylic acids is 1. The molecule has 0 amide bonds. The van der Waals surface area contributed by atoms with Crippen LogP contribution in [0.4, 0.5) is 0 Å². The zero-order valence-corrected chi connectivity index (χ0v) is 11.1. The molecule has 5 nitrogen and oxygen atoms in total. The number of hydrogen-bond acceptors (Lipinski definition) is 3. The van der Waals surface area contributed by atoms with Crippen molar-refractivity contribution in [2.24, 2.45) is 12.8 Å². The average molecular weight is 262 g/mol. The minimum atomic E-state index is -0.823. The molecule has 3 N–H and O–H groups in total. The highest BCUT2D eigenvalue weighted by Gasteiger charge is 2.14. The van der Waals surface area contributed by atoms with Crippen LogP contribution in [0.5, 0.6) is 5.75 Å². The van der Waals surface area contributed by atoms with Crippen LogP contribution in [0, 0.1) is 0 Å². The quantitative estimate of drug-likeness (QED) is 0.864. The van der Waals surface area contributed by atoms with Gasteiger partial charge >= 0.3 is 5.97 Å². The van der Waals surface area contributed by atoms with Gasteiger partial charge in [-0.3, -0.25) is 4.79 Å². The van der Waals surface area contributed by atoms with Crippen LogP contribution in [0.3, 0.4) is 0 Å². The van der Waals surface area contributed by atoms with Gasteiger partial charge in [0.05, 0.1) is 7.11 Å². The lowest BCUT2D eigenvalue weighted by atomic mass is 10.1. The summed E-state index contributed by atoms with van der Waals surface area (Å²) in [4.78, 5) is 10.6. The molecule has 1 atom stereocenters. The molecule has 0 bridgehead atoms. The fourth-order valence-corrected chi connectivity index (χ4v) is 2.26. The molecule has 1 heterocycles. The van der Waals surface area contributed by atoms with Gasteiger partial charge in [-0.15, -0.1) is 0 Å². The molecule has 2 rings (SSSR count). The van der Waals surface area contributed by atoms with Crippen molar-refractivity contribution in [1.82, 2.24) is 4.57 Å². The minimum Gasteiger partial charge on any atom is -0.497 e. The summed E-state index contributed by atoms with van der Waals surface area (Å²) in [5.74, 6) is -0.0281. The molecule has 19 heavy (non-hydrogen) atoms.